The van der Waals surface area contributed by atoms with Crippen LogP contribution in [0.4, 0.5) is 5.69 Å². The molecule has 0 saturated carbocycles. The maximum atomic E-state index is 12.4. The summed E-state index contributed by atoms with van der Waals surface area (Å²) in [6.07, 6.45) is 3.37. The van der Waals surface area contributed by atoms with Crippen molar-refractivity contribution in [2.45, 2.75) is 32.2 Å². The smallest absolute Gasteiger partial charge is 0.288 e. The second-order valence-corrected chi connectivity index (χ2v) is 6.41. The van der Waals surface area contributed by atoms with E-state index in [2.05, 4.69) is 17.4 Å². The van der Waals surface area contributed by atoms with Crippen LogP contribution in [0.1, 0.15) is 46.4 Å². The Labute approximate surface area is 144 Å². The van der Waals surface area contributed by atoms with Crippen LogP contribution in [0, 0.1) is 10.1 Å². The first-order valence-corrected chi connectivity index (χ1v) is 8.20. The van der Waals surface area contributed by atoms with E-state index in [1.165, 1.54) is 35.7 Å². The molecule has 0 aliphatic heterocycles. The molecule has 1 amide bonds. The first kappa shape index (κ1) is 16.5. The molecule has 0 aromatic heterocycles. The molecular formula is C18H17ClN2O3. The minimum Gasteiger partial charge on any atom is -0.346 e. The summed E-state index contributed by atoms with van der Waals surface area (Å²) in [6, 6.07) is 10.2. The minimum atomic E-state index is -0.594. The predicted octanol–water partition coefficient (Wildman–Crippen LogP) is 4.23. The third-order valence-corrected chi connectivity index (χ3v) is 4.69. The molecule has 1 atom stereocenters. The molecule has 3 rings (SSSR count). The van der Waals surface area contributed by atoms with Gasteiger partial charge >= 0.3 is 0 Å². The van der Waals surface area contributed by atoms with Crippen LogP contribution in [0.15, 0.2) is 36.4 Å². The zero-order valence-electron chi connectivity index (χ0n) is 13.2. The fourth-order valence-electron chi connectivity index (χ4n) is 3.02. The number of rotatable bonds is 4. The Balaban J connectivity index is 1.77. The number of carbonyl (C=O) groups excluding carboxylic acids is 1. The van der Waals surface area contributed by atoms with Crippen molar-refractivity contribution >= 4 is 23.2 Å². The van der Waals surface area contributed by atoms with E-state index < -0.39 is 4.92 Å². The summed E-state index contributed by atoms with van der Waals surface area (Å²) in [4.78, 5) is 22.7. The molecule has 6 heteroatoms. The van der Waals surface area contributed by atoms with Gasteiger partial charge in [0.05, 0.1) is 11.0 Å². The monoisotopic (exact) mass is 344 g/mol. The highest BCUT2D eigenvalue weighted by molar-refractivity contribution is 6.32. The molecule has 0 fully saturated rings. The van der Waals surface area contributed by atoms with Crippen molar-refractivity contribution < 1.29 is 9.72 Å². The number of nitrogens with one attached hydrogen (secondary N) is 1. The number of aryl methyl sites for hydroxylation is 2. The van der Waals surface area contributed by atoms with Gasteiger partial charge in [-0.2, -0.15) is 0 Å². The third kappa shape index (κ3) is 3.26. The second kappa shape index (κ2) is 6.61. The number of nitro groups is 1. The fourth-order valence-corrected chi connectivity index (χ4v) is 3.20. The number of halogens is 1. The molecule has 5 nitrogen and oxygen atoms in total. The Hall–Kier alpha value is -2.40. The standard InChI is InChI=1S/C18H17ClN2O3/c1-11(13-6-5-12-3-2-4-14(12)9-13)20-18(22)15-7-8-16(19)17(10-15)21(23)24/h5-11H,2-4H2,1H3,(H,20,22)/t11-/m1/s1. The van der Waals surface area contributed by atoms with Gasteiger partial charge in [-0.05, 0) is 55.0 Å². The van der Waals surface area contributed by atoms with Crippen molar-refractivity contribution in [2.24, 2.45) is 0 Å². The van der Waals surface area contributed by atoms with Gasteiger partial charge in [0, 0.05) is 11.6 Å². The van der Waals surface area contributed by atoms with E-state index in [1.807, 2.05) is 13.0 Å². The number of amides is 1. The van der Waals surface area contributed by atoms with Gasteiger partial charge in [-0.15, -0.1) is 0 Å². The van der Waals surface area contributed by atoms with Crippen LogP contribution < -0.4 is 5.32 Å². The van der Waals surface area contributed by atoms with Gasteiger partial charge in [-0.1, -0.05) is 29.8 Å². The summed E-state index contributed by atoms with van der Waals surface area (Å²) in [5, 5.41) is 13.8. The van der Waals surface area contributed by atoms with Crippen LogP contribution >= 0.6 is 11.6 Å². The molecule has 2 aromatic carbocycles. The molecule has 1 N–H and O–H groups in total. The van der Waals surface area contributed by atoms with Gasteiger partial charge in [0.25, 0.3) is 11.6 Å². The zero-order valence-corrected chi connectivity index (χ0v) is 14.0. The van der Waals surface area contributed by atoms with Gasteiger partial charge in [-0.3, -0.25) is 14.9 Å². The second-order valence-electron chi connectivity index (χ2n) is 6.00. The first-order valence-electron chi connectivity index (χ1n) is 7.82. The van der Waals surface area contributed by atoms with E-state index in [0.29, 0.717) is 0 Å². The highest BCUT2D eigenvalue weighted by atomic mass is 35.5. The fraction of sp³-hybridized carbons (Fsp3) is 0.278. The topological polar surface area (TPSA) is 72.2 Å². The predicted molar refractivity (Wildman–Crippen MR) is 92.5 cm³/mol. The van der Waals surface area contributed by atoms with Crippen LogP contribution in [0.3, 0.4) is 0 Å². The summed E-state index contributed by atoms with van der Waals surface area (Å²) >= 11 is 5.78. The SMILES string of the molecule is C[C@@H](NC(=O)c1ccc(Cl)c([N+](=O)[O-])c1)c1ccc2c(c1)CCC2. The number of nitrogens with zero attached hydrogens (tertiary/aromatic N) is 1. The summed E-state index contributed by atoms with van der Waals surface area (Å²) in [6.45, 7) is 1.90. The Morgan fingerprint density at radius 2 is 1.96 bits per heavy atom. The molecule has 0 spiro atoms. The number of nitro benzene ring substituents is 1. The number of benzene rings is 2. The summed E-state index contributed by atoms with van der Waals surface area (Å²) < 4.78 is 0. The van der Waals surface area contributed by atoms with Crippen molar-refractivity contribution in [3.05, 3.63) is 73.8 Å². The molecule has 0 saturated heterocycles. The van der Waals surface area contributed by atoms with Crippen molar-refractivity contribution in [3.8, 4) is 0 Å². The van der Waals surface area contributed by atoms with E-state index in [1.54, 1.807) is 0 Å². The Kier molecular flexibility index (Phi) is 4.53. The van der Waals surface area contributed by atoms with E-state index in [4.69, 9.17) is 11.6 Å². The Bertz CT molecular complexity index is 820. The molecule has 0 unspecified atom stereocenters. The number of hydrogen-bond donors (Lipinski definition) is 1. The molecule has 0 heterocycles. The van der Waals surface area contributed by atoms with Crippen molar-refractivity contribution in [2.75, 3.05) is 0 Å². The van der Waals surface area contributed by atoms with Crippen LogP contribution in [0.25, 0.3) is 0 Å². The highest BCUT2D eigenvalue weighted by Crippen LogP contribution is 2.27. The van der Waals surface area contributed by atoms with E-state index in [0.717, 1.165) is 18.4 Å². The van der Waals surface area contributed by atoms with Gasteiger partial charge < -0.3 is 5.32 Å². The van der Waals surface area contributed by atoms with Crippen LogP contribution in [0.5, 0.6) is 0 Å². The lowest BCUT2D eigenvalue weighted by molar-refractivity contribution is -0.384. The Morgan fingerprint density at radius 1 is 1.21 bits per heavy atom. The lowest BCUT2D eigenvalue weighted by Gasteiger charge is -2.16. The van der Waals surface area contributed by atoms with E-state index >= 15 is 0 Å². The van der Waals surface area contributed by atoms with Crippen LogP contribution in [-0.4, -0.2) is 10.8 Å². The van der Waals surface area contributed by atoms with E-state index in [9.17, 15) is 14.9 Å². The average Bonchev–Trinajstić information content (AvgIpc) is 3.02. The van der Waals surface area contributed by atoms with Crippen LogP contribution in [0.2, 0.25) is 5.02 Å². The largest absolute Gasteiger partial charge is 0.346 e. The van der Waals surface area contributed by atoms with Gasteiger partial charge in [0.2, 0.25) is 0 Å². The first-order chi connectivity index (χ1) is 11.5. The summed E-state index contributed by atoms with van der Waals surface area (Å²) in [7, 11) is 0. The maximum Gasteiger partial charge on any atom is 0.288 e. The molecule has 124 valence electrons. The highest BCUT2D eigenvalue weighted by Gasteiger charge is 2.19. The number of hydrogen-bond acceptors (Lipinski definition) is 3. The normalized spacial score (nSPS) is 14.1. The molecule has 2 aromatic rings. The lowest BCUT2D eigenvalue weighted by atomic mass is 10.0. The third-order valence-electron chi connectivity index (χ3n) is 4.38. The summed E-state index contributed by atoms with van der Waals surface area (Å²) in [5.41, 5.74) is 3.71. The summed E-state index contributed by atoms with van der Waals surface area (Å²) in [5.74, 6) is -0.359. The van der Waals surface area contributed by atoms with Gasteiger partial charge in [-0.25, -0.2) is 0 Å². The van der Waals surface area contributed by atoms with Crippen LogP contribution in [-0.2, 0) is 12.8 Å². The Morgan fingerprint density at radius 3 is 2.71 bits per heavy atom. The van der Waals surface area contributed by atoms with Gasteiger partial charge in [0.15, 0.2) is 0 Å². The average molecular weight is 345 g/mol. The molecule has 24 heavy (non-hydrogen) atoms. The van der Waals surface area contributed by atoms with E-state index in [-0.39, 0.29) is 28.2 Å². The lowest BCUT2D eigenvalue weighted by Crippen LogP contribution is -2.26. The number of carbonyl (C=O) groups is 1. The molecule has 1 aliphatic rings. The van der Waals surface area contributed by atoms with Crippen molar-refractivity contribution in [3.63, 3.8) is 0 Å². The minimum absolute atomic E-state index is 0.0169. The van der Waals surface area contributed by atoms with Crippen molar-refractivity contribution in [1.82, 2.24) is 5.32 Å². The quantitative estimate of drug-likeness (QED) is 0.666. The van der Waals surface area contributed by atoms with Crippen molar-refractivity contribution in [1.29, 1.82) is 0 Å². The molecule has 1 aliphatic carbocycles. The number of fused-ring (bicyclic) bond motifs is 1. The van der Waals surface area contributed by atoms with Gasteiger partial charge in [0.1, 0.15) is 5.02 Å². The molecule has 0 bridgehead atoms. The molecular weight excluding hydrogens is 328 g/mol. The molecule has 0 radical (unpaired) electrons. The zero-order chi connectivity index (χ0) is 17.3. The maximum absolute atomic E-state index is 12.4.